The molecule has 0 heterocycles. The molecule has 1 fully saturated rings. The van der Waals surface area contributed by atoms with E-state index in [1.807, 2.05) is 0 Å². The van der Waals surface area contributed by atoms with E-state index >= 15 is 0 Å². The van der Waals surface area contributed by atoms with Crippen molar-refractivity contribution in [1.29, 1.82) is 0 Å². The van der Waals surface area contributed by atoms with Gasteiger partial charge in [-0.15, -0.1) is 0 Å². The van der Waals surface area contributed by atoms with Gasteiger partial charge in [0.2, 0.25) is 0 Å². The van der Waals surface area contributed by atoms with Crippen molar-refractivity contribution in [2.45, 2.75) is 19.0 Å². The predicted molar refractivity (Wildman–Crippen MR) is 32.7 cm³/mol. The van der Waals surface area contributed by atoms with E-state index in [-0.39, 0.29) is 12.0 Å². The maximum Gasteiger partial charge on any atom is 0.101 e. The third-order valence-corrected chi connectivity index (χ3v) is 2.08. The molecule has 0 aliphatic heterocycles. The van der Waals surface area contributed by atoms with Gasteiger partial charge in [0.1, 0.15) is 6.17 Å². The Kier molecular flexibility index (Phi) is 1.73. The van der Waals surface area contributed by atoms with E-state index in [0.717, 1.165) is 0 Å². The molecule has 1 rings (SSSR count). The number of aliphatic hydroxyl groups excluding tert-OH is 1. The topological polar surface area (TPSA) is 46.2 Å². The normalized spacial score (nSPS) is 42.3. The molecule has 0 aromatic carbocycles. The van der Waals surface area contributed by atoms with Gasteiger partial charge < -0.3 is 10.8 Å². The van der Waals surface area contributed by atoms with Gasteiger partial charge in [0.15, 0.2) is 0 Å². The minimum absolute atomic E-state index is 0.0317. The van der Waals surface area contributed by atoms with Crippen molar-refractivity contribution in [3.05, 3.63) is 0 Å². The van der Waals surface area contributed by atoms with Gasteiger partial charge in [-0.2, -0.15) is 0 Å². The zero-order valence-electron chi connectivity index (χ0n) is 5.31. The van der Waals surface area contributed by atoms with Gasteiger partial charge in [-0.1, -0.05) is 0 Å². The molecular weight excluding hydrogens is 121 g/mol. The average molecular weight is 133 g/mol. The SMILES string of the molecule is NCC1(CO)CC(F)C1. The maximum atomic E-state index is 12.2. The van der Waals surface area contributed by atoms with Gasteiger partial charge in [-0.25, -0.2) is 4.39 Å². The molecule has 9 heavy (non-hydrogen) atoms. The fraction of sp³-hybridized carbons (Fsp3) is 1.00. The van der Waals surface area contributed by atoms with Crippen molar-refractivity contribution in [3.63, 3.8) is 0 Å². The molecule has 0 radical (unpaired) electrons. The van der Waals surface area contributed by atoms with Crippen molar-refractivity contribution < 1.29 is 9.50 Å². The summed E-state index contributed by atoms with van der Waals surface area (Å²) < 4.78 is 12.2. The van der Waals surface area contributed by atoms with Crippen molar-refractivity contribution in [2.75, 3.05) is 13.2 Å². The van der Waals surface area contributed by atoms with Gasteiger partial charge in [-0.05, 0) is 12.8 Å². The smallest absolute Gasteiger partial charge is 0.101 e. The van der Waals surface area contributed by atoms with Gasteiger partial charge in [0, 0.05) is 12.0 Å². The second-order valence-electron chi connectivity index (χ2n) is 2.87. The summed E-state index contributed by atoms with van der Waals surface area (Å²) in [6.45, 7) is 0.438. The Morgan fingerprint density at radius 2 is 2.22 bits per heavy atom. The van der Waals surface area contributed by atoms with Gasteiger partial charge >= 0.3 is 0 Å². The van der Waals surface area contributed by atoms with Crippen LogP contribution in [0.25, 0.3) is 0 Å². The van der Waals surface area contributed by atoms with Crippen LogP contribution >= 0.6 is 0 Å². The zero-order chi connectivity index (χ0) is 6.91. The lowest BCUT2D eigenvalue weighted by Crippen LogP contribution is -2.47. The predicted octanol–water partition coefficient (Wildman–Crippen LogP) is 0.0557. The summed E-state index contributed by atoms with van der Waals surface area (Å²) in [5.74, 6) is 0. The molecule has 0 spiro atoms. The van der Waals surface area contributed by atoms with Crippen LogP contribution in [0.2, 0.25) is 0 Å². The second kappa shape index (κ2) is 2.23. The quantitative estimate of drug-likeness (QED) is 0.559. The molecule has 2 nitrogen and oxygen atoms in total. The first kappa shape index (κ1) is 6.96. The minimum Gasteiger partial charge on any atom is -0.396 e. The number of hydrogen-bond donors (Lipinski definition) is 2. The van der Waals surface area contributed by atoms with Crippen LogP contribution < -0.4 is 5.73 Å². The summed E-state index contributed by atoms with van der Waals surface area (Å²) in [5, 5.41) is 8.71. The Bertz CT molecular complexity index is 95.2. The Hall–Kier alpha value is -0.150. The van der Waals surface area contributed by atoms with E-state index in [4.69, 9.17) is 10.8 Å². The zero-order valence-corrected chi connectivity index (χ0v) is 5.31. The Morgan fingerprint density at radius 3 is 2.33 bits per heavy atom. The van der Waals surface area contributed by atoms with Gasteiger partial charge in [0.05, 0.1) is 6.61 Å². The van der Waals surface area contributed by atoms with Crippen molar-refractivity contribution in [1.82, 2.24) is 0 Å². The van der Waals surface area contributed by atoms with Crippen LogP contribution in [0.4, 0.5) is 4.39 Å². The molecule has 54 valence electrons. The summed E-state index contributed by atoms with van der Waals surface area (Å²) in [6.07, 6.45) is 0.167. The van der Waals surface area contributed by atoms with Crippen molar-refractivity contribution in [2.24, 2.45) is 11.1 Å². The number of nitrogens with two attached hydrogens (primary N) is 1. The van der Waals surface area contributed by atoms with Crippen molar-refractivity contribution in [3.8, 4) is 0 Å². The molecule has 0 aromatic heterocycles. The van der Waals surface area contributed by atoms with Crippen LogP contribution in [0, 0.1) is 5.41 Å². The lowest BCUT2D eigenvalue weighted by Gasteiger charge is -2.41. The summed E-state index contributed by atoms with van der Waals surface area (Å²) in [6, 6.07) is 0. The molecule has 1 aliphatic rings. The van der Waals surface area contributed by atoms with Gasteiger partial charge in [0.25, 0.3) is 0 Å². The Morgan fingerprint density at radius 1 is 1.67 bits per heavy atom. The molecule has 0 atom stereocenters. The maximum absolute atomic E-state index is 12.2. The highest BCUT2D eigenvalue weighted by Crippen LogP contribution is 2.41. The number of aliphatic hydroxyl groups is 1. The largest absolute Gasteiger partial charge is 0.396 e. The van der Waals surface area contributed by atoms with E-state index in [0.29, 0.717) is 19.4 Å². The Labute approximate surface area is 53.9 Å². The summed E-state index contributed by atoms with van der Waals surface area (Å²) >= 11 is 0. The third-order valence-electron chi connectivity index (χ3n) is 2.08. The molecule has 0 bridgehead atoms. The number of rotatable bonds is 2. The first-order chi connectivity index (χ1) is 4.22. The van der Waals surface area contributed by atoms with Crippen LogP contribution in [0.5, 0.6) is 0 Å². The monoisotopic (exact) mass is 133 g/mol. The fourth-order valence-electron chi connectivity index (χ4n) is 1.24. The highest BCUT2D eigenvalue weighted by Gasteiger charge is 2.42. The molecule has 1 saturated carbocycles. The standard InChI is InChI=1S/C6H12FNO/c7-5-1-6(2-5,3-8)4-9/h5,9H,1-4,8H2. The molecule has 3 N–H and O–H groups in total. The summed E-state index contributed by atoms with van der Waals surface area (Å²) in [7, 11) is 0. The van der Waals surface area contributed by atoms with Crippen LogP contribution in [-0.4, -0.2) is 24.4 Å². The van der Waals surface area contributed by atoms with E-state index in [1.165, 1.54) is 0 Å². The molecule has 1 aliphatic carbocycles. The first-order valence-electron chi connectivity index (χ1n) is 3.17. The summed E-state index contributed by atoms with van der Waals surface area (Å²) in [4.78, 5) is 0. The highest BCUT2D eigenvalue weighted by atomic mass is 19.1. The molecule has 0 saturated heterocycles. The molecular formula is C6H12FNO. The van der Waals surface area contributed by atoms with E-state index in [1.54, 1.807) is 0 Å². The van der Waals surface area contributed by atoms with E-state index in [2.05, 4.69) is 0 Å². The van der Waals surface area contributed by atoms with Crippen LogP contribution in [0.1, 0.15) is 12.8 Å². The number of alkyl halides is 1. The average Bonchev–Trinajstić information content (AvgIpc) is 1.81. The molecule has 0 unspecified atom stereocenters. The minimum atomic E-state index is -0.722. The van der Waals surface area contributed by atoms with Gasteiger partial charge in [-0.3, -0.25) is 0 Å². The van der Waals surface area contributed by atoms with Crippen molar-refractivity contribution >= 4 is 0 Å². The number of halogens is 1. The third kappa shape index (κ3) is 1.07. The van der Waals surface area contributed by atoms with Crippen LogP contribution in [0.3, 0.4) is 0 Å². The number of hydrogen-bond acceptors (Lipinski definition) is 2. The van der Waals surface area contributed by atoms with E-state index in [9.17, 15) is 4.39 Å². The molecule has 3 heteroatoms. The van der Waals surface area contributed by atoms with Crippen LogP contribution in [0.15, 0.2) is 0 Å². The lowest BCUT2D eigenvalue weighted by molar-refractivity contribution is -0.0149. The second-order valence-corrected chi connectivity index (χ2v) is 2.87. The first-order valence-corrected chi connectivity index (χ1v) is 3.17. The summed E-state index contributed by atoms with van der Waals surface area (Å²) in [5.41, 5.74) is 5.05. The Balaban J connectivity index is 2.36. The lowest BCUT2D eigenvalue weighted by atomic mass is 9.68. The highest BCUT2D eigenvalue weighted by molar-refractivity contribution is 4.94. The van der Waals surface area contributed by atoms with Crippen LogP contribution in [-0.2, 0) is 0 Å². The molecule has 0 amide bonds. The fourth-order valence-corrected chi connectivity index (χ4v) is 1.24. The van der Waals surface area contributed by atoms with E-state index < -0.39 is 6.17 Å². The molecule has 0 aromatic rings.